The summed E-state index contributed by atoms with van der Waals surface area (Å²) in [5.74, 6) is 2.22. The Morgan fingerprint density at radius 1 is 1.33 bits per heavy atom. The van der Waals surface area contributed by atoms with Crippen LogP contribution in [0.4, 0.5) is 0 Å². The first-order valence-corrected chi connectivity index (χ1v) is 8.42. The average Bonchev–Trinajstić information content (AvgIpc) is 3.19. The third kappa shape index (κ3) is 3.12. The highest BCUT2D eigenvalue weighted by atomic mass is 32.2. The number of thioether (sulfide) groups is 1. The molecule has 1 aromatic carbocycles. The first-order chi connectivity index (χ1) is 11.7. The monoisotopic (exact) mass is 336 g/mol. The molecular weight excluding hydrogens is 320 g/mol. The van der Waals surface area contributed by atoms with E-state index in [9.17, 15) is 5.26 Å². The van der Waals surface area contributed by atoms with Crippen LogP contribution in [0.2, 0.25) is 0 Å². The van der Waals surface area contributed by atoms with Crippen molar-refractivity contribution in [2.24, 2.45) is 0 Å². The van der Waals surface area contributed by atoms with Crippen LogP contribution in [0.3, 0.4) is 0 Å². The summed E-state index contributed by atoms with van der Waals surface area (Å²) < 4.78 is 7.38. The summed E-state index contributed by atoms with van der Waals surface area (Å²) in [6, 6.07) is 11.7. The first kappa shape index (κ1) is 16.1. The molecule has 0 aliphatic heterocycles. The minimum absolute atomic E-state index is 0.606. The molecule has 0 bridgehead atoms. The molecule has 0 atom stereocenters. The van der Waals surface area contributed by atoms with Crippen molar-refractivity contribution in [1.29, 1.82) is 5.26 Å². The molecule has 0 unspecified atom stereocenters. The van der Waals surface area contributed by atoms with Gasteiger partial charge in [0, 0.05) is 12.3 Å². The summed E-state index contributed by atoms with van der Waals surface area (Å²) in [5, 5.41) is 18.6. The van der Waals surface area contributed by atoms with Gasteiger partial charge in [-0.05, 0) is 24.6 Å². The molecule has 0 amide bonds. The third-order valence-corrected chi connectivity index (χ3v) is 4.64. The van der Waals surface area contributed by atoms with Gasteiger partial charge in [-0.2, -0.15) is 5.26 Å². The Hall–Kier alpha value is -2.78. The molecule has 0 fully saturated rings. The lowest BCUT2D eigenvalue weighted by atomic mass is 10.1. The van der Waals surface area contributed by atoms with Crippen LogP contribution in [0.25, 0.3) is 11.4 Å². The maximum Gasteiger partial charge on any atom is 0.192 e. The van der Waals surface area contributed by atoms with Crippen molar-refractivity contribution < 1.29 is 4.42 Å². The van der Waals surface area contributed by atoms with E-state index in [4.69, 9.17) is 4.42 Å². The van der Waals surface area contributed by atoms with E-state index in [0.717, 1.165) is 27.9 Å². The number of aromatic nitrogens is 3. The van der Waals surface area contributed by atoms with E-state index in [2.05, 4.69) is 22.8 Å². The second-order valence-corrected chi connectivity index (χ2v) is 6.10. The van der Waals surface area contributed by atoms with Gasteiger partial charge in [0.1, 0.15) is 5.76 Å². The number of furan rings is 1. The van der Waals surface area contributed by atoms with Gasteiger partial charge in [-0.1, -0.05) is 36.0 Å². The standard InChI is InChI=1S/C18H16N4OS/c1-3-9-22-17(16-8-10-23-13(16)2)20-21-18(22)24-12-15-7-5-4-6-14(15)11-19/h3-8,10H,1,9,12H2,2H3. The maximum atomic E-state index is 9.20. The van der Waals surface area contributed by atoms with Crippen molar-refractivity contribution in [3.05, 3.63) is 66.1 Å². The summed E-state index contributed by atoms with van der Waals surface area (Å²) in [4.78, 5) is 0. The van der Waals surface area contributed by atoms with E-state index in [1.54, 1.807) is 18.0 Å². The van der Waals surface area contributed by atoms with Gasteiger partial charge in [0.15, 0.2) is 11.0 Å². The van der Waals surface area contributed by atoms with E-state index < -0.39 is 0 Å². The summed E-state index contributed by atoms with van der Waals surface area (Å²) in [6.45, 7) is 6.32. The van der Waals surface area contributed by atoms with Crippen molar-refractivity contribution in [2.45, 2.75) is 24.4 Å². The smallest absolute Gasteiger partial charge is 0.192 e. The van der Waals surface area contributed by atoms with Crippen LogP contribution in [0.1, 0.15) is 16.9 Å². The van der Waals surface area contributed by atoms with Gasteiger partial charge in [0.2, 0.25) is 0 Å². The molecule has 0 saturated carbocycles. The zero-order valence-electron chi connectivity index (χ0n) is 13.3. The fourth-order valence-corrected chi connectivity index (χ4v) is 3.35. The largest absolute Gasteiger partial charge is 0.469 e. The van der Waals surface area contributed by atoms with Crippen LogP contribution in [-0.4, -0.2) is 14.8 Å². The molecule has 0 saturated heterocycles. The number of nitriles is 1. The van der Waals surface area contributed by atoms with Crippen LogP contribution in [0.15, 0.2) is 58.8 Å². The van der Waals surface area contributed by atoms with Crippen molar-refractivity contribution in [1.82, 2.24) is 14.8 Å². The van der Waals surface area contributed by atoms with Crippen LogP contribution in [0, 0.1) is 18.3 Å². The lowest BCUT2D eigenvalue weighted by Crippen LogP contribution is -2.01. The van der Waals surface area contributed by atoms with Crippen molar-refractivity contribution in [3.63, 3.8) is 0 Å². The molecule has 3 rings (SSSR count). The Labute approximate surface area is 144 Å². The number of rotatable bonds is 6. The molecule has 0 radical (unpaired) electrons. The quantitative estimate of drug-likeness (QED) is 0.498. The van der Waals surface area contributed by atoms with Crippen LogP contribution in [0.5, 0.6) is 0 Å². The average molecular weight is 336 g/mol. The molecular formula is C18H16N4OS. The zero-order valence-corrected chi connectivity index (χ0v) is 14.1. The van der Waals surface area contributed by atoms with Gasteiger partial charge in [-0.15, -0.1) is 16.8 Å². The minimum Gasteiger partial charge on any atom is -0.469 e. The lowest BCUT2D eigenvalue weighted by Gasteiger charge is -2.07. The Bertz CT molecular complexity index is 904. The predicted octanol–water partition coefficient (Wildman–Crippen LogP) is 4.20. The topological polar surface area (TPSA) is 67.6 Å². The van der Waals surface area contributed by atoms with Gasteiger partial charge in [-0.25, -0.2) is 0 Å². The van der Waals surface area contributed by atoms with Gasteiger partial charge >= 0.3 is 0 Å². The lowest BCUT2D eigenvalue weighted by molar-refractivity contribution is 0.534. The highest BCUT2D eigenvalue weighted by molar-refractivity contribution is 7.98. The fraction of sp³-hybridized carbons (Fsp3) is 0.167. The highest BCUT2D eigenvalue weighted by Crippen LogP contribution is 2.29. The van der Waals surface area contributed by atoms with E-state index in [1.165, 1.54) is 0 Å². The third-order valence-electron chi connectivity index (χ3n) is 3.62. The van der Waals surface area contributed by atoms with E-state index in [-0.39, 0.29) is 0 Å². The van der Waals surface area contributed by atoms with Crippen LogP contribution < -0.4 is 0 Å². The molecule has 2 aromatic heterocycles. The van der Waals surface area contributed by atoms with Gasteiger partial charge < -0.3 is 4.42 Å². The number of aryl methyl sites for hydroxylation is 1. The summed E-state index contributed by atoms with van der Waals surface area (Å²) >= 11 is 1.55. The number of allylic oxidation sites excluding steroid dienone is 1. The maximum absolute atomic E-state index is 9.20. The first-order valence-electron chi connectivity index (χ1n) is 7.44. The molecule has 0 spiro atoms. The Morgan fingerprint density at radius 3 is 2.88 bits per heavy atom. The molecule has 0 N–H and O–H groups in total. The second kappa shape index (κ2) is 7.20. The molecule has 3 aromatic rings. The summed E-state index contributed by atoms with van der Waals surface area (Å²) in [6.07, 6.45) is 3.46. The van der Waals surface area contributed by atoms with Crippen LogP contribution in [-0.2, 0) is 12.3 Å². The summed E-state index contributed by atoms with van der Waals surface area (Å²) in [5.41, 5.74) is 2.60. The molecule has 0 aliphatic rings. The number of hydrogen-bond acceptors (Lipinski definition) is 5. The second-order valence-electron chi connectivity index (χ2n) is 5.15. The van der Waals surface area contributed by atoms with Gasteiger partial charge in [0.25, 0.3) is 0 Å². The Morgan fingerprint density at radius 2 is 2.17 bits per heavy atom. The number of nitrogens with zero attached hydrogens (tertiary/aromatic N) is 4. The Kier molecular flexibility index (Phi) is 4.82. The molecule has 24 heavy (non-hydrogen) atoms. The van der Waals surface area contributed by atoms with Crippen molar-refractivity contribution in [3.8, 4) is 17.5 Å². The van der Waals surface area contributed by atoms with E-state index >= 15 is 0 Å². The fourth-order valence-electron chi connectivity index (χ4n) is 2.40. The molecule has 2 heterocycles. The van der Waals surface area contributed by atoms with Gasteiger partial charge in [0.05, 0.1) is 23.5 Å². The van der Waals surface area contributed by atoms with E-state index in [1.807, 2.05) is 47.9 Å². The SMILES string of the molecule is C=CCn1c(SCc2ccccc2C#N)nnc1-c1ccoc1C. The predicted molar refractivity (Wildman–Crippen MR) is 93.4 cm³/mol. The normalized spacial score (nSPS) is 10.5. The zero-order chi connectivity index (χ0) is 16.9. The Balaban J connectivity index is 1.89. The van der Waals surface area contributed by atoms with Crippen molar-refractivity contribution >= 4 is 11.8 Å². The summed E-state index contributed by atoms with van der Waals surface area (Å²) in [7, 11) is 0. The molecule has 0 aliphatic carbocycles. The van der Waals surface area contributed by atoms with E-state index in [0.29, 0.717) is 17.9 Å². The van der Waals surface area contributed by atoms with Crippen molar-refractivity contribution in [2.75, 3.05) is 0 Å². The molecule has 5 nitrogen and oxygen atoms in total. The highest BCUT2D eigenvalue weighted by Gasteiger charge is 2.17. The minimum atomic E-state index is 0.606. The molecule has 120 valence electrons. The molecule has 6 heteroatoms. The number of benzene rings is 1. The van der Waals surface area contributed by atoms with Gasteiger partial charge in [-0.3, -0.25) is 4.57 Å². The number of hydrogen-bond donors (Lipinski definition) is 0. The van der Waals surface area contributed by atoms with Crippen LogP contribution >= 0.6 is 11.8 Å².